The van der Waals surface area contributed by atoms with Gasteiger partial charge in [0.25, 0.3) is 0 Å². The van der Waals surface area contributed by atoms with Gasteiger partial charge >= 0.3 is 0 Å². The van der Waals surface area contributed by atoms with Crippen LogP contribution < -0.4 is 0 Å². The monoisotopic (exact) mass is 267 g/mol. The second-order valence-corrected chi connectivity index (χ2v) is 5.04. The number of aromatic nitrogens is 2. The molecule has 0 amide bonds. The van der Waals surface area contributed by atoms with E-state index in [2.05, 4.69) is 9.97 Å². The van der Waals surface area contributed by atoms with E-state index < -0.39 is 0 Å². The Labute approximate surface area is 116 Å². The number of ketones is 2. The van der Waals surface area contributed by atoms with Crippen molar-refractivity contribution < 1.29 is 9.59 Å². The van der Waals surface area contributed by atoms with Crippen LogP contribution in [-0.2, 0) is 6.54 Å². The number of carbonyl (C=O) groups excluding carboxylic acids is 2. The fraction of sp³-hybridized carbons (Fsp3) is 0.200. The Morgan fingerprint density at radius 3 is 2.55 bits per heavy atom. The van der Waals surface area contributed by atoms with Crippen LogP contribution in [0, 0.1) is 0 Å². The van der Waals surface area contributed by atoms with E-state index in [4.69, 9.17) is 0 Å². The van der Waals surface area contributed by atoms with Gasteiger partial charge in [-0.3, -0.25) is 19.6 Å². The van der Waals surface area contributed by atoms with Crippen molar-refractivity contribution in [3.63, 3.8) is 0 Å². The lowest BCUT2D eigenvalue weighted by atomic mass is 9.90. The molecular weight excluding hydrogens is 254 g/mol. The average Bonchev–Trinajstić information content (AvgIpc) is 2.44. The van der Waals surface area contributed by atoms with Crippen molar-refractivity contribution >= 4 is 11.6 Å². The van der Waals surface area contributed by atoms with Gasteiger partial charge in [-0.25, -0.2) is 0 Å². The summed E-state index contributed by atoms with van der Waals surface area (Å²) in [6.45, 7) is 0.668. The average molecular weight is 267 g/mol. The molecule has 0 N–H and O–H groups in total. The lowest BCUT2D eigenvalue weighted by Crippen LogP contribution is -2.24. The van der Waals surface area contributed by atoms with Crippen LogP contribution in [0.3, 0.4) is 0 Å². The van der Waals surface area contributed by atoms with Crippen molar-refractivity contribution in [2.75, 3.05) is 14.1 Å². The highest BCUT2D eigenvalue weighted by atomic mass is 16.1. The summed E-state index contributed by atoms with van der Waals surface area (Å²) in [6.07, 6.45) is 3.15. The first-order valence-electron chi connectivity index (χ1n) is 6.26. The van der Waals surface area contributed by atoms with Gasteiger partial charge in [0, 0.05) is 18.9 Å². The predicted molar refractivity (Wildman–Crippen MR) is 72.7 cm³/mol. The van der Waals surface area contributed by atoms with Crippen molar-refractivity contribution in [3.05, 3.63) is 58.7 Å². The number of rotatable bonds is 2. The first-order valence-corrected chi connectivity index (χ1v) is 6.26. The van der Waals surface area contributed by atoms with Gasteiger partial charge in [-0.1, -0.05) is 0 Å². The Bertz CT molecular complexity index is 723. The van der Waals surface area contributed by atoms with Crippen LogP contribution in [0.1, 0.15) is 37.7 Å². The second-order valence-electron chi connectivity index (χ2n) is 5.04. The van der Waals surface area contributed by atoms with Crippen LogP contribution in [-0.4, -0.2) is 40.5 Å². The van der Waals surface area contributed by atoms with Crippen molar-refractivity contribution in [2.24, 2.45) is 0 Å². The third-order valence-electron chi connectivity index (χ3n) is 3.17. The quantitative estimate of drug-likeness (QED) is 0.700. The predicted octanol–water partition coefficient (Wildman–Crippen LogP) is 1.31. The number of nitrogens with zero attached hydrogens (tertiary/aromatic N) is 3. The van der Waals surface area contributed by atoms with Gasteiger partial charge in [-0.15, -0.1) is 0 Å². The van der Waals surface area contributed by atoms with E-state index in [1.165, 1.54) is 6.20 Å². The highest BCUT2D eigenvalue weighted by Crippen LogP contribution is 2.25. The summed E-state index contributed by atoms with van der Waals surface area (Å²) >= 11 is 0. The molecule has 0 unspecified atom stereocenters. The zero-order valence-electron chi connectivity index (χ0n) is 11.3. The highest BCUT2D eigenvalue weighted by molar-refractivity contribution is 6.26. The summed E-state index contributed by atoms with van der Waals surface area (Å²) in [5.41, 5.74) is 2.02. The van der Waals surface area contributed by atoms with Gasteiger partial charge < -0.3 is 4.90 Å². The molecule has 0 aromatic carbocycles. The van der Waals surface area contributed by atoms with E-state index in [0.717, 1.165) is 5.56 Å². The molecule has 2 heterocycles. The lowest BCUT2D eigenvalue weighted by Gasteiger charge is -2.17. The Morgan fingerprint density at radius 2 is 1.80 bits per heavy atom. The van der Waals surface area contributed by atoms with Crippen molar-refractivity contribution in [1.82, 2.24) is 14.9 Å². The molecule has 5 nitrogen and oxygen atoms in total. The van der Waals surface area contributed by atoms with Crippen LogP contribution in [0.5, 0.6) is 0 Å². The molecule has 20 heavy (non-hydrogen) atoms. The molecule has 2 aromatic heterocycles. The fourth-order valence-corrected chi connectivity index (χ4v) is 2.34. The highest BCUT2D eigenvalue weighted by Gasteiger charge is 2.31. The number of hydrogen-bond acceptors (Lipinski definition) is 5. The minimum atomic E-state index is -0.286. The van der Waals surface area contributed by atoms with E-state index in [1.807, 2.05) is 19.0 Å². The van der Waals surface area contributed by atoms with Crippen LogP contribution in [0.25, 0.3) is 0 Å². The number of pyridine rings is 2. The summed E-state index contributed by atoms with van der Waals surface area (Å²) < 4.78 is 0. The molecule has 3 rings (SSSR count). The maximum Gasteiger partial charge on any atom is 0.231 e. The third kappa shape index (κ3) is 1.92. The molecule has 0 atom stereocenters. The van der Waals surface area contributed by atoms with E-state index in [9.17, 15) is 9.59 Å². The topological polar surface area (TPSA) is 63.2 Å². The summed E-state index contributed by atoms with van der Waals surface area (Å²) in [7, 11) is 3.87. The molecule has 0 spiro atoms. The smallest absolute Gasteiger partial charge is 0.231 e. The lowest BCUT2D eigenvalue weighted by molar-refractivity contribution is 0.0971. The molecule has 0 bridgehead atoms. The Balaban J connectivity index is 2.13. The summed E-state index contributed by atoms with van der Waals surface area (Å²) in [5, 5.41) is 0. The SMILES string of the molecule is CN(C)Cc1cnc2c(c1)C(=O)c1cccnc1C2=O. The fourth-order valence-electron chi connectivity index (χ4n) is 2.34. The molecule has 0 saturated carbocycles. The number of fused-ring (bicyclic) bond motifs is 2. The Kier molecular flexibility index (Phi) is 2.91. The molecule has 0 aliphatic heterocycles. The molecule has 0 radical (unpaired) electrons. The largest absolute Gasteiger partial charge is 0.305 e. The van der Waals surface area contributed by atoms with Crippen molar-refractivity contribution in [2.45, 2.75) is 6.54 Å². The molecule has 1 aliphatic rings. The van der Waals surface area contributed by atoms with Gasteiger partial charge in [-0.2, -0.15) is 0 Å². The number of hydrogen-bond donors (Lipinski definition) is 0. The first-order chi connectivity index (χ1) is 9.58. The van der Waals surface area contributed by atoms with Crippen LogP contribution >= 0.6 is 0 Å². The Hall–Kier alpha value is -2.40. The van der Waals surface area contributed by atoms with Gasteiger partial charge in [-0.05, 0) is 37.9 Å². The van der Waals surface area contributed by atoms with Crippen molar-refractivity contribution in [1.29, 1.82) is 0 Å². The maximum absolute atomic E-state index is 12.4. The third-order valence-corrected chi connectivity index (χ3v) is 3.17. The standard InChI is InChI=1S/C15H13N3O2/c1-18(2)8-9-6-11-13(17-7-9)15(20)12-10(14(11)19)4-3-5-16-12/h3-7H,8H2,1-2H3. The number of carbonyl (C=O) groups is 2. The molecule has 0 saturated heterocycles. The summed E-state index contributed by atoms with van der Waals surface area (Å²) in [4.78, 5) is 34.9. The van der Waals surface area contributed by atoms with Crippen LogP contribution in [0.4, 0.5) is 0 Å². The minimum Gasteiger partial charge on any atom is -0.305 e. The minimum absolute atomic E-state index is 0.184. The van der Waals surface area contributed by atoms with Gasteiger partial charge in [0.2, 0.25) is 5.78 Å². The van der Waals surface area contributed by atoms with E-state index in [-0.39, 0.29) is 23.0 Å². The summed E-state index contributed by atoms with van der Waals surface area (Å²) in [5.74, 6) is -0.470. The zero-order chi connectivity index (χ0) is 14.3. The molecule has 0 fully saturated rings. The van der Waals surface area contributed by atoms with Crippen molar-refractivity contribution in [3.8, 4) is 0 Å². The van der Waals surface area contributed by atoms with Gasteiger partial charge in [0.15, 0.2) is 5.78 Å². The maximum atomic E-state index is 12.4. The van der Waals surface area contributed by atoms with Crippen LogP contribution in [0.15, 0.2) is 30.6 Å². The van der Waals surface area contributed by atoms with E-state index in [0.29, 0.717) is 17.7 Å². The van der Waals surface area contributed by atoms with Gasteiger partial charge in [0.05, 0.1) is 11.1 Å². The van der Waals surface area contributed by atoms with Gasteiger partial charge in [0.1, 0.15) is 11.4 Å². The van der Waals surface area contributed by atoms with Crippen LogP contribution in [0.2, 0.25) is 0 Å². The normalized spacial score (nSPS) is 13.3. The molecule has 1 aliphatic carbocycles. The molecule has 100 valence electrons. The summed E-state index contributed by atoms with van der Waals surface area (Å²) in [6, 6.07) is 5.04. The molecule has 2 aromatic rings. The van der Waals surface area contributed by atoms with E-state index >= 15 is 0 Å². The molecular formula is C15H13N3O2. The first kappa shape index (κ1) is 12.6. The molecule has 5 heteroatoms. The zero-order valence-corrected chi connectivity index (χ0v) is 11.3. The van der Waals surface area contributed by atoms with E-state index in [1.54, 1.807) is 24.4 Å². The second kappa shape index (κ2) is 4.61. The Morgan fingerprint density at radius 1 is 1.05 bits per heavy atom.